The number of carbonyl (C=O) groups is 1. The molecule has 0 aliphatic heterocycles. The van der Waals surface area contributed by atoms with Gasteiger partial charge in [-0.25, -0.2) is 9.97 Å². The highest BCUT2D eigenvalue weighted by Gasteiger charge is 2.10. The normalized spacial score (nSPS) is 10.5. The van der Waals surface area contributed by atoms with Crippen molar-refractivity contribution in [1.82, 2.24) is 9.97 Å². The van der Waals surface area contributed by atoms with Crippen molar-refractivity contribution in [2.75, 3.05) is 18.2 Å². The lowest BCUT2D eigenvalue weighted by Gasteiger charge is -2.10. The first-order valence-electron chi connectivity index (χ1n) is 7.18. The molecule has 0 aliphatic carbocycles. The van der Waals surface area contributed by atoms with Crippen LogP contribution in [-0.4, -0.2) is 33.9 Å². The Balaban J connectivity index is 1.93. The van der Waals surface area contributed by atoms with Gasteiger partial charge in [0, 0.05) is 11.1 Å². The maximum Gasteiger partial charge on any atom is 0.313 e. The molecule has 0 fully saturated rings. The lowest BCUT2D eigenvalue weighted by Crippen LogP contribution is -2.02. The predicted octanol–water partition coefficient (Wildman–Crippen LogP) is 3.56. The molecule has 6 nitrogen and oxygen atoms in total. The molecule has 2 aromatic carbocycles. The van der Waals surface area contributed by atoms with Gasteiger partial charge in [0.2, 0.25) is 5.95 Å². The number of nitrogens with zero attached hydrogens (tertiary/aromatic N) is 2. The Labute approximate surface area is 142 Å². The first-order chi connectivity index (χ1) is 11.7. The fraction of sp³-hybridized carbons (Fsp3) is 0.118. The number of fused-ring (bicyclic) bond motifs is 1. The minimum Gasteiger partial charge on any atom is -0.497 e. The van der Waals surface area contributed by atoms with E-state index in [2.05, 4.69) is 15.3 Å². The summed E-state index contributed by atoms with van der Waals surface area (Å²) in [6.45, 7) is 0. The number of ether oxygens (including phenoxy) is 1. The molecule has 1 aromatic heterocycles. The van der Waals surface area contributed by atoms with E-state index in [0.717, 1.165) is 22.3 Å². The monoisotopic (exact) mass is 341 g/mol. The fourth-order valence-corrected chi connectivity index (χ4v) is 2.89. The van der Waals surface area contributed by atoms with Crippen LogP contribution in [0.5, 0.6) is 5.75 Å². The Bertz CT molecular complexity index is 869. The van der Waals surface area contributed by atoms with E-state index < -0.39 is 5.97 Å². The van der Waals surface area contributed by atoms with Crippen LogP contribution in [0.2, 0.25) is 0 Å². The Hall–Kier alpha value is -2.80. The van der Waals surface area contributed by atoms with Gasteiger partial charge < -0.3 is 15.2 Å². The van der Waals surface area contributed by atoms with Crippen LogP contribution < -0.4 is 10.1 Å². The molecule has 24 heavy (non-hydrogen) atoms. The average molecular weight is 341 g/mol. The summed E-state index contributed by atoms with van der Waals surface area (Å²) in [6.07, 6.45) is 0. The first-order valence-corrected chi connectivity index (χ1v) is 8.17. The molecule has 0 radical (unpaired) electrons. The number of nitrogens with one attached hydrogen (secondary N) is 1. The van der Waals surface area contributed by atoms with Gasteiger partial charge in [0.15, 0.2) is 0 Å². The van der Waals surface area contributed by atoms with E-state index in [0.29, 0.717) is 11.0 Å². The van der Waals surface area contributed by atoms with Crippen LogP contribution >= 0.6 is 11.8 Å². The second-order valence-corrected chi connectivity index (χ2v) is 5.87. The number of hydrogen-bond acceptors (Lipinski definition) is 6. The van der Waals surface area contributed by atoms with Crippen LogP contribution in [-0.2, 0) is 4.79 Å². The molecule has 3 rings (SSSR count). The number of aromatic nitrogens is 2. The fourth-order valence-electron chi connectivity index (χ4n) is 2.15. The number of thioether (sulfide) groups is 1. The van der Waals surface area contributed by atoms with Crippen molar-refractivity contribution in [1.29, 1.82) is 0 Å². The van der Waals surface area contributed by atoms with Crippen LogP contribution in [0.15, 0.2) is 53.6 Å². The van der Waals surface area contributed by atoms with Gasteiger partial charge in [-0.2, -0.15) is 0 Å². The Morgan fingerprint density at radius 3 is 2.62 bits per heavy atom. The molecule has 0 unspecified atom stereocenters. The van der Waals surface area contributed by atoms with Crippen molar-refractivity contribution in [2.24, 2.45) is 0 Å². The summed E-state index contributed by atoms with van der Waals surface area (Å²) < 4.78 is 5.13. The SMILES string of the molecule is COc1ccc(Nc2nc(SCC(=O)O)c3ccccc3n2)cc1. The summed E-state index contributed by atoms with van der Waals surface area (Å²) in [5.74, 6) is 0.250. The van der Waals surface area contributed by atoms with Crippen molar-refractivity contribution < 1.29 is 14.6 Å². The smallest absolute Gasteiger partial charge is 0.313 e. The third-order valence-corrected chi connectivity index (χ3v) is 4.22. The lowest BCUT2D eigenvalue weighted by atomic mass is 10.2. The third kappa shape index (κ3) is 3.75. The molecular weight excluding hydrogens is 326 g/mol. The molecular formula is C17H15N3O3S. The van der Waals surface area contributed by atoms with Crippen LogP contribution in [0.1, 0.15) is 0 Å². The number of aliphatic carboxylic acids is 1. The number of methoxy groups -OCH3 is 1. The molecule has 0 saturated heterocycles. The zero-order chi connectivity index (χ0) is 16.9. The van der Waals surface area contributed by atoms with Gasteiger partial charge in [0.05, 0.1) is 18.4 Å². The second-order valence-electron chi connectivity index (χ2n) is 4.91. The largest absolute Gasteiger partial charge is 0.497 e. The van der Waals surface area contributed by atoms with E-state index in [9.17, 15) is 4.79 Å². The van der Waals surface area contributed by atoms with E-state index in [-0.39, 0.29) is 5.75 Å². The van der Waals surface area contributed by atoms with Gasteiger partial charge in [0.1, 0.15) is 10.8 Å². The van der Waals surface area contributed by atoms with Crippen molar-refractivity contribution in [2.45, 2.75) is 5.03 Å². The average Bonchev–Trinajstić information content (AvgIpc) is 2.60. The van der Waals surface area contributed by atoms with Gasteiger partial charge >= 0.3 is 5.97 Å². The maximum atomic E-state index is 10.9. The topological polar surface area (TPSA) is 84.3 Å². The number of para-hydroxylation sites is 1. The Kier molecular flexibility index (Phi) is 4.81. The predicted molar refractivity (Wildman–Crippen MR) is 94.2 cm³/mol. The summed E-state index contributed by atoms with van der Waals surface area (Å²) in [5.41, 5.74) is 1.58. The summed E-state index contributed by atoms with van der Waals surface area (Å²) in [4.78, 5) is 19.8. The molecule has 0 aliphatic rings. The summed E-state index contributed by atoms with van der Waals surface area (Å²) in [5, 5.41) is 13.5. The number of benzene rings is 2. The van der Waals surface area contributed by atoms with Crippen LogP contribution in [0.4, 0.5) is 11.6 Å². The zero-order valence-electron chi connectivity index (χ0n) is 12.9. The van der Waals surface area contributed by atoms with Crippen LogP contribution in [0.25, 0.3) is 10.9 Å². The zero-order valence-corrected chi connectivity index (χ0v) is 13.7. The molecule has 0 bridgehead atoms. The summed E-state index contributed by atoms with van der Waals surface area (Å²) in [6, 6.07) is 14.9. The second kappa shape index (κ2) is 7.18. The van der Waals surface area contributed by atoms with Crippen molar-refractivity contribution in [3.63, 3.8) is 0 Å². The van der Waals surface area contributed by atoms with Crippen LogP contribution in [0, 0.1) is 0 Å². The van der Waals surface area contributed by atoms with Crippen molar-refractivity contribution in [3.05, 3.63) is 48.5 Å². The molecule has 3 aromatic rings. The number of carboxylic acid groups (broad SMARTS) is 1. The van der Waals surface area contributed by atoms with Gasteiger partial charge in [0.25, 0.3) is 0 Å². The summed E-state index contributed by atoms with van der Waals surface area (Å²) >= 11 is 1.18. The van der Waals surface area contributed by atoms with E-state index in [1.54, 1.807) is 7.11 Å². The molecule has 0 spiro atoms. The van der Waals surface area contributed by atoms with Gasteiger partial charge in [-0.15, -0.1) is 0 Å². The summed E-state index contributed by atoms with van der Waals surface area (Å²) in [7, 11) is 1.61. The highest BCUT2D eigenvalue weighted by Crippen LogP contribution is 2.27. The number of carboxylic acids is 1. The van der Waals surface area contributed by atoms with Crippen LogP contribution in [0.3, 0.4) is 0 Å². The highest BCUT2D eigenvalue weighted by atomic mass is 32.2. The quantitative estimate of drug-likeness (QED) is 0.524. The van der Waals surface area contributed by atoms with E-state index in [1.807, 2.05) is 48.5 Å². The minimum atomic E-state index is -0.882. The van der Waals surface area contributed by atoms with Gasteiger partial charge in [-0.3, -0.25) is 4.79 Å². The van der Waals surface area contributed by atoms with Gasteiger partial charge in [-0.1, -0.05) is 30.0 Å². The molecule has 0 atom stereocenters. The molecule has 122 valence electrons. The van der Waals surface area contributed by atoms with E-state index >= 15 is 0 Å². The maximum absolute atomic E-state index is 10.9. The number of anilines is 2. The molecule has 2 N–H and O–H groups in total. The van der Waals surface area contributed by atoms with E-state index in [1.165, 1.54) is 11.8 Å². The van der Waals surface area contributed by atoms with Crippen molar-refractivity contribution >= 4 is 40.3 Å². The molecule has 0 amide bonds. The minimum absolute atomic E-state index is 0.0526. The molecule has 7 heteroatoms. The standard InChI is InChI=1S/C17H15N3O3S/c1-23-12-8-6-11(7-9-12)18-17-19-14-5-3-2-4-13(14)16(20-17)24-10-15(21)22/h2-9H,10H2,1H3,(H,21,22)(H,18,19,20). The Morgan fingerprint density at radius 1 is 1.17 bits per heavy atom. The number of rotatable bonds is 6. The number of hydrogen-bond donors (Lipinski definition) is 2. The lowest BCUT2D eigenvalue weighted by molar-refractivity contribution is -0.133. The van der Waals surface area contributed by atoms with Gasteiger partial charge in [-0.05, 0) is 30.3 Å². The first kappa shape index (κ1) is 16.1. The molecule has 1 heterocycles. The highest BCUT2D eigenvalue weighted by molar-refractivity contribution is 8.00. The Morgan fingerprint density at radius 2 is 1.92 bits per heavy atom. The van der Waals surface area contributed by atoms with Crippen molar-refractivity contribution in [3.8, 4) is 5.75 Å². The molecule has 0 saturated carbocycles. The van der Waals surface area contributed by atoms with E-state index in [4.69, 9.17) is 9.84 Å². The third-order valence-electron chi connectivity index (χ3n) is 3.25.